The maximum absolute atomic E-state index is 13.7. The third-order valence-corrected chi connectivity index (χ3v) is 10.6. The van der Waals surface area contributed by atoms with Gasteiger partial charge in [0.15, 0.2) is 0 Å². The number of methoxy groups -OCH3 is 1. The molecule has 0 spiro atoms. The number of carbonyl (C=O) groups is 1. The number of aryl methyl sites for hydroxylation is 1. The lowest BCUT2D eigenvalue weighted by atomic mass is 9.96. The Bertz CT molecular complexity index is 2080. The Hall–Kier alpha value is -4.57. The number of amides is 1. The Morgan fingerprint density at radius 3 is 2.33 bits per heavy atom. The summed E-state index contributed by atoms with van der Waals surface area (Å²) in [5.41, 5.74) is 7.50. The highest BCUT2D eigenvalue weighted by molar-refractivity contribution is 6.39. The van der Waals surface area contributed by atoms with Crippen molar-refractivity contribution in [2.24, 2.45) is 0 Å². The van der Waals surface area contributed by atoms with Gasteiger partial charge >= 0.3 is 0 Å². The fourth-order valence-corrected chi connectivity index (χ4v) is 7.72. The van der Waals surface area contributed by atoms with Crippen LogP contribution in [0.2, 0.25) is 10.0 Å². The van der Waals surface area contributed by atoms with Crippen LogP contribution in [-0.4, -0.2) is 47.6 Å². The molecule has 3 aromatic heterocycles. The van der Waals surface area contributed by atoms with Crippen LogP contribution in [-0.2, 0) is 17.8 Å². The lowest BCUT2D eigenvalue weighted by Crippen LogP contribution is -2.34. The van der Waals surface area contributed by atoms with Crippen molar-refractivity contribution in [1.82, 2.24) is 25.6 Å². The Kier molecular flexibility index (Phi) is 10.5. The number of anilines is 1. The minimum Gasteiger partial charge on any atom is -0.481 e. The molecule has 2 aliphatic heterocycles. The molecule has 1 saturated heterocycles. The molecule has 51 heavy (non-hydrogen) atoms. The van der Waals surface area contributed by atoms with E-state index in [2.05, 4.69) is 26.6 Å². The minimum atomic E-state index is -0.345. The van der Waals surface area contributed by atoms with Gasteiger partial charge in [-0.1, -0.05) is 71.7 Å². The number of rotatable bonds is 11. The molecular formula is C40H39Cl2FN6O2. The molecule has 1 unspecified atom stereocenters. The Labute approximate surface area is 307 Å². The van der Waals surface area contributed by atoms with E-state index in [0.717, 1.165) is 89.1 Å². The number of fused-ring (bicyclic) bond motifs is 1. The SMILES string of the molecule is COc1nc(-c2cccc(-c3cccc(-c4ccc5c(n4)N(C)CCC5NCc4cncc(F)c4)c3Cl)c2Cl)ccc1CCC[C@@H]1CCC(=O)N1. The van der Waals surface area contributed by atoms with Crippen LogP contribution in [0.15, 0.2) is 79.1 Å². The van der Waals surface area contributed by atoms with Gasteiger partial charge in [-0.25, -0.2) is 14.4 Å². The van der Waals surface area contributed by atoms with Crippen molar-refractivity contribution in [2.45, 2.75) is 57.2 Å². The van der Waals surface area contributed by atoms with Gasteiger partial charge in [-0.3, -0.25) is 9.78 Å². The molecule has 2 aliphatic rings. The molecule has 0 saturated carbocycles. The first-order valence-corrected chi connectivity index (χ1v) is 18.0. The summed E-state index contributed by atoms with van der Waals surface area (Å²) < 4.78 is 19.4. The normalized spacial score (nSPS) is 17.0. The molecule has 5 aromatic rings. The van der Waals surface area contributed by atoms with Crippen LogP contribution in [0.3, 0.4) is 0 Å². The molecule has 2 atom stereocenters. The molecular weight excluding hydrogens is 686 g/mol. The van der Waals surface area contributed by atoms with Crippen LogP contribution >= 0.6 is 23.2 Å². The molecule has 262 valence electrons. The van der Waals surface area contributed by atoms with Gasteiger partial charge in [0.05, 0.1) is 34.7 Å². The molecule has 11 heteroatoms. The number of hydrogen-bond acceptors (Lipinski definition) is 7. The molecule has 1 amide bonds. The molecule has 0 bridgehead atoms. The summed E-state index contributed by atoms with van der Waals surface area (Å²) in [6.45, 7) is 1.32. The van der Waals surface area contributed by atoms with Crippen molar-refractivity contribution >= 4 is 34.9 Å². The standard InChI is InChI=1S/C40H39Cl2FN6O2/c1-49-19-18-33(45-22-24-20-26(43)23-44-21-24)32-14-16-34(47-39(32)49)30-10-4-8-28(37(30)41)29-9-5-11-31(38(29)42)35-15-12-25(40(48-35)51-2)6-3-7-27-13-17-36(50)46-27/h4-5,8-12,14-16,20-21,23,27,33,45H,3,6-7,13,17-19,22H2,1-2H3,(H,46,50)/t27-,33?/m1/s1. The van der Waals surface area contributed by atoms with Gasteiger partial charge in [0.25, 0.3) is 0 Å². The highest BCUT2D eigenvalue weighted by Gasteiger charge is 2.26. The van der Waals surface area contributed by atoms with Gasteiger partial charge in [0.1, 0.15) is 11.6 Å². The molecule has 1 fully saturated rings. The second-order valence-corrected chi connectivity index (χ2v) is 13.9. The van der Waals surface area contributed by atoms with Crippen LogP contribution in [0.1, 0.15) is 54.8 Å². The summed E-state index contributed by atoms with van der Waals surface area (Å²) >= 11 is 14.3. The lowest BCUT2D eigenvalue weighted by Gasteiger charge is -2.33. The zero-order chi connectivity index (χ0) is 35.5. The van der Waals surface area contributed by atoms with Crippen LogP contribution in [0.4, 0.5) is 10.2 Å². The van der Waals surface area contributed by atoms with E-state index in [1.807, 2.05) is 61.6 Å². The first kappa shape index (κ1) is 34.9. The second-order valence-electron chi connectivity index (χ2n) is 13.2. The Balaban J connectivity index is 1.13. The zero-order valence-corrected chi connectivity index (χ0v) is 30.1. The number of nitrogens with one attached hydrogen (secondary N) is 2. The largest absolute Gasteiger partial charge is 0.481 e. The number of benzene rings is 2. The fourth-order valence-electron chi connectivity index (χ4n) is 7.07. The lowest BCUT2D eigenvalue weighted by molar-refractivity contribution is -0.119. The number of nitrogens with zero attached hydrogens (tertiary/aromatic N) is 4. The average molecular weight is 726 g/mol. The molecule has 8 nitrogen and oxygen atoms in total. The number of pyridine rings is 3. The Morgan fingerprint density at radius 1 is 0.941 bits per heavy atom. The van der Waals surface area contributed by atoms with Crippen molar-refractivity contribution in [3.8, 4) is 39.5 Å². The van der Waals surface area contributed by atoms with Crippen LogP contribution in [0, 0.1) is 5.82 Å². The van der Waals surface area contributed by atoms with Gasteiger partial charge < -0.3 is 20.3 Å². The first-order valence-electron chi connectivity index (χ1n) is 17.3. The monoisotopic (exact) mass is 724 g/mol. The molecule has 5 heterocycles. The van der Waals surface area contributed by atoms with E-state index in [0.29, 0.717) is 34.6 Å². The van der Waals surface area contributed by atoms with Crippen molar-refractivity contribution in [3.63, 3.8) is 0 Å². The van der Waals surface area contributed by atoms with Crippen LogP contribution in [0.5, 0.6) is 5.88 Å². The van der Waals surface area contributed by atoms with E-state index in [4.69, 9.17) is 37.9 Å². The summed E-state index contributed by atoms with van der Waals surface area (Å²) in [7, 11) is 3.67. The van der Waals surface area contributed by atoms with Crippen molar-refractivity contribution < 1.29 is 13.9 Å². The minimum absolute atomic E-state index is 0.0619. The summed E-state index contributed by atoms with van der Waals surface area (Å²) in [4.78, 5) is 27.6. The van der Waals surface area contributed by atoms with Gasteiger partial charge in [-0.15, -0.1) is 0 Å². The molecule has 2 aromatic carbocycles. The zero-order valence-electron chi connectivity index (χ0n) is 28.6. The van der Waals surface area contributed by atoms with E-state index in [-0.39, 0.29) is 23.8 Å². The predicted molar refractivity (Wildman–Crippen MR) is 201 cm³/mol. The van der Waals surface area contributed by atoms with E-state index in [1.165, 1.54) is 12.3 Å². The number of carbonyl (C=O) groups excluding carboxylic acids is 1. The highest BCUT2D eigenvalue weighted by Crippen LogP contribution is 2.43. The van der Waals surface area contributed by atoms with Crippen LogP contribution in [0.25, 0.3) is 33.6 Å². The number of aromatic nitrogens is 3. The molecule has 2 N–H and O–H groups in total. The maximum Gasteiger partial charge on any atom is 0.220 e. The maximum atomic E-state index is 13.7. The fraction of sp³-hybridized carbons (Fsp3) is 0.300. The second kappa shape index (κ2) is 15.4. The topological polar surface area (TPSA) is 92.3 Å². The Morgan fingerprint density at radius 2 is 1.65 bits per heavy atom. The third kappa shape index (κ3) is 7.56. The van der Waals surface area contributed by atoms with Gasteiger partial charge in [-0.2, -0.15) is 0 Å². The summed E-state index contributed by atoms with van der Waals surface area (Å²) in [5.74, 6) is 1.24. The number of halogens is 3. The van der Waals surface area contributed by atoms with E-state index < -0.39 is 0 Å². The molecule has 0 aliphatic carbocycles. The quantitative estimate of drug-likeness (QED) is 0.141. The highest BCUT2D eigenvalue weighted by atomic mass is 35.5. The van der Waals surface area contributed by atoms with E-state index in [1.54, 1.807) is 13.3 Å². The van der Waals surface area contributed by atoms with Crippen molar-refractivity contribution in [1.29, 1.82) is 0 Å². The van der Waals surface area contributed by atoms with E-state index >= 15 is 0 Å². The average Bonchev–Trinajstić information content (AvgIpc) is 3.56. The van der Waals surface area contributed by atoms with Crippen LogP contribution < -0.4 is 20.3 Å². The summed E-state index contributed by atoms with van der Waals surface area (Å²) in [6, 6.07) is 21.7. The van der Waals surface area contributed by atoms with Crippen molar-refractivity contribution in [3.05, 3.63) is 112 Å². The first-order chi connectivity index (χ1) is 24.8. The summed E-state index contributed by atoms with van der Waals surface area (Å²) in [5, 5.41) is 7.69. The van der Waals surface area contributed by atoms with E-state index in [9.17, 15) is 9.18 Å². The van der Waals surface area contributed by atoms with Gasteiger partial charge in [0, 0.05) is 78.2 Å². The molecule has 7 rings (SSSR count). The third-order valence-electron chi connectivity index (χ3n) is 9.77. The number of ether oxygens (including phenoxy) is 1. The summed E-state index contributed by atoms with van der Waals surface area (Å²) in [6.07, 6.45) is 7.94. The smallest absolute Gasteiger partial charge is 0.220 e. The van der Waals surface area contributed by atoms with Crippen molar-refractivity contribution in [2.75, 3.05) is 25.6 Å². The number of hydrogen-bond donors (Lipinski definition) is 2. The molecule has 0 radical (unpaired) electrons. The van der Waals surface area contributed by atoms with Gasteiger partial charge in [0.2, 0.25) is 11.8 Å². The predicted octanol–water partition coefficient (Wildman–Crippen LogP) is 8.60. The van der Waals surface area contributed by atoms with Gasteiger partial charge in [-0.05, 0) is 55.9 Å².